The first kappa shape index (κ1) is 5.03. The minimum atomic E-state index is 1.14. The highest BCUT2D eigenvalue weighted by Crippen LogP contribution is 2.12. The highest BCUT2D eigenvalue weighted by Gasteiger charge is 2.06. The first-order valence-electron chi connectivity index (χ1n) is 3.31. The summed E-state index contributed by atoms with van der Waals surface area (Å²) in [5, 5.41) is 0. The van der Waals surface area contributed by atoms with Gasteiger partial charge >= 0.3 is 0 Å². The summed E-state index contributed by atoms with van der Waals surface area (Å²) in [6, 6.07) is 0. The number of hydrogen-bond donors (Lipinski definition) is 0. The maximum atomic E-state index is 4.16. The minimum absolute atomic E-state index is 1.14. The lowest BCUT2D eigenvalue weighted by molar-refractivity contribution is 0.581. The van der Waals surface area contributed by atoms with Gasteiger partial charge in [0.15, 0.2) is 0 Å². The van der Waals surface area contributed by atoms with Crippen LogP contribution in [0, 0.1) is 6.42 Å². The molecule has 2 heterocycles. The van der Waals surface area contributed by atoms with E-state index in [9.17, 15) is 0 Å². The average Bonchev–Trinajstić information content (AvgIpc) is 2.33. The fraction of sp³-hybridized carbons (Fsp3) is 0.429. The van der Waals surface area contributed by atoms with Crippen molar-refractivity contribution in [2.75, 3.05) is 0 Å². The van der Waals surface area contributed by atoms with E-state index < -0.39 is 0 Å². The zero-order valence-corrected chi connectivity index (χ0v) is 5.25. The van der Waals surface area contributed by atoms with Crippen LogP contribution in [-0.2, 0) is 6.54 Å². The van der Waals surface area contributed by atoms with Gasteiger partial charge in [0.1, 0.15) is 5.82 Å². The van der Waals surface area contributed by atoms with Gasteiger partial charge in [0.2, 0.25) is 0 Å². The van der Waals surface area contributed by atoms with Gasteiger partial charge in [-0.25, -0.2) is 4.98 Å². The molecule has 0 saturated heterocycles. The smallest absolute Gasteiger partial charge is 0.112 e. The molecular formula is C7H9N2. The van der Waals surface area contributed by atoms with E-state index in [1.54, 1.807) is 0 Å². The number of hydrogen-bond acceptors (Lipinski definition) is 1. The van der Waals surface area contributed by atoms with Gasteiger partial charge in [-0.3, -0.25) is 0 Å². The molecule has 1 aromatic rings. The van der Waals surface area contributed by atoms with Crippen LogP contribution in [0.15, 0.2) is 12.4 Å². The fourth-order valence-electron chi connectivity index (χ4n) is 1.19. The van der Waals surface area contributed by atoms with E-state index in [0.29, 0.717) is 0 Å². The predicted molar refractivity (Wildman–Crippen MR) is 34.9 cm³/mol. The van der Waals surface area contributed by atoms with Gasteiger partial charge in [-0.15, -0.1) is 0 Å². The second-order valence-corrected chi connectivity index (χ2v) is 2.33. The third-order valence-corrected chi connectivity index (χ3v) is 1.68. The summed E-state index contributed by atoms with van der Waals surface area (Å²) in [6.45, 7) is 1.14. The number of nitrogens with zero attached hydrogens (tertiary/aromatic N) is 2. The summed E-state index contributed by atoms with van der Waals surface area (Å²) >= 11 is 0. The van der Waals surface area contributed by atoms with Crippen molar-refractivity contribution < 1.29 is 0 Å². The van der Waals surface area contributed by atoms with Crippen molar-refractivity contribution in [3.05, 3.63) is 24.6 Å². The van der Waals surface area contributed by atoms with Crippen molar-refractivity contribution in [1.82, 2.24) is 9.55 Å². The summed E-state index contributed by atoms with van der Waals surface area (Å²) in [5.41, 5.74) is 0. The first-order chi connectivity index (χ1) is 4.47. The molecule has 0 unspecified atom stereocenters. The molecule has 0 bridgehead atoms. The van der Waals surface area contributed by atoms with Crippen molar-refractivity contribution in [2.24, 2.45) is 0 Å². The van der Waals surface area contributed by atoms with E-state index in [1.165, 1.54) is 12.8 Å². The topological polar surface area (TPSA) is 17.8 Å². The Labute approximate surface area is 54.5 Å². The zero-order chi connectivity index (χ0) is 6.10. The second kappa shape index (κ2) is 1.87. The largest absolute Gasteiger partial charge is 0.335 e. The number of aromatic nitrogens is 2. The molecule has 0 aliphatic carbocycles. The minimum Gasteiger partial charge on any atom is -0.335 e. The molecular weight excluding hydrogens is 112 g/mol. The normalized spacial score (nSPS) is 17.3. The SMILES string of the molecule is [CH]1CCCn2ccnc21. The van der Waals surface area contributed by atoms with E-state index >= 15 is 0 Å². The second-order valence-electron chi connectivity index (χ2n) is 2.33. The van der Waals surface area contributed by atoms with Crippen molar-refractivity contribution in [3.8, 4) is 0 Å². The highest BCUT2D eigenvalue weighted by molar-refractivity contribution is 5.06. The summed E-state index contributed by atoms with van der Waals surface area (Å²) in [7, 11) is 0. The van der Waals surface area contributed by atoms with Gasteiger partial charge in [-0.05, 0) is 12.8 Å². The van der Waals surface area contributed by atoms with E-state index in [4.69, 9.17) is 0 Å². The van der Waals surface area contributed by atoms with Gasteiger partial charge in [-0.2, -0.15) is 0 Å². The molecule has 2 rings (SSSR count). The molecule has 47 valence electrons. The molecule has 1 aromatic heterocycles. The van der Waals surface area contributed by atoms with E-state index in [1.807, 2.05) is 12.4 Å². The first-order valence-corrected chi connectivity index (χ1v) is 3.31. The lowest BCUT2D eigenvalue weighted by Gasteiger charge is -2.11. The summed E-state index contributed by atoms with van der Waals surface area (Å²) < 4.78 is 2.18. The summed E-state index contributed by atoms with van der Waals surface area (Å²) in [6.07, 6.45) is 8.53. The molecule has 0 amide bonds. The fourth-order valence-corrected chi connectivity index (χ4v) is 1.19. The van der Waals surface area contributed by atoms with Gasteiger partial charge < -0.3 is 4.57 Å². The third-order valence-electron chi connectivity index (χ3n) is 1.68. The molecule has 1 aliphatic rings. The predicted octanol–water partition coefficient (Wildman–Crippen LogP) is 1.23. The molecule has 0 N–H and O–H groups in total. The Bertz CT molecular complexity index is 182. The van der Waals surface area contributed by atoms with Crippen LogP contribution in [0.4, 0.5) is 0 Å². The zero-order valence-electron chi connectivity index (χ0n) is 5.25. The van der Waals surface area contributed by atoms with Crippen molar-refractivity contribution in [3.63, 3.8) is 0 Å². The van der Waals surface area contributed by atoms with E-state index in [2.05, 4.69) is 16.0 Å². The third kappa shape index (κ3) is 0.745. The van der Waals surface area contributed by atoms with Crippen LogP contribution in [0.1, 0.15) is 18.7 Å². The molecule has 0 aromatic carbocycles. The Morgan fingerprint density at radius 2 is 2.56 bits per heavy atom. The number of fused-ring (bicyclic) bond motifs is 1. The Morgan fingerprint density at radius 1 is 1.56 bits per heavy atom. The molecule has 0 saturated carbocycles. The molecule has 2 heteroatoms. The number of imidazole rings is 1. The molecule has 1 aliphatic heterocycles. The Morgan fingerprint density at radius 3 is 3.44 bits per heavy atom. The maximum absolute atomic E-state index is 4.16. The van der Waals surface area contributed by atoms with Crippen LogP contribution in [0.5, 0.6) is 0 Å². The monoisotopic (exact) mass is 121 g/mol. The van der Waals surface area contributed by atoms with Crippen LogP contribution >= 0.6 is 0 Å². The Balaban J connectivity index is 2.39. The van der Waals surface area contributed by atoms with Crippen molar-refractivity contribution in [1.29, 1.82) is 0 Å². The van der Waals surface area contributed by atoms with E-state index in [0.717, 1.165) is 12.4 Å². The molecule has 0 fully saturated rings. The van der Waals surface area contributed by atoms with Crippen LogP contribution in [0.3, 0.4) is 0 Å². The van der Waals surface area contributed by atoms with Gasteiger partial charge in [0.25, 0.3) is 0 Å². The van der Waals surface area contributed by atoms with Gasteiger partial charge in [-0.1, -0.05) is 0 Å². The highest BCUT2D eigenvalue weighted by atomic mass is 15.1. The van der Waals surface area contributed by atoms with Crippen molar-refractivity contribution in [2.45, 2.75) is 19.4 Å². The lowest BCUT2D eigenvalue weighted by Crippen LogP contribution is -2.07. The standard InChI is InChI=1S/C7H9N2/c1-2-5-9-6-4-8-7(9)3-1/h3-4,6H,1-2,5H2. The number of rotatable bonds is 0. The van der Waals surface area contributed by atoms with E-state index in [-0.39, 0.29) is 0 Å². The van der Waals surface area contributed by atoms with Crippen LogP contribution in [0.25, 0.3) is 0 Å². The molecule has 0 atom stereocenters. The number of aryl methyl sites for hydroxylation is 1. The maximum Gasteiger partial charge on any atom is 0.112 e. The summed E-state index contributed by atoms with van der Waals surface area (Å²) in [4.78, 5) is 4.16. The molecule has 0 spiro atoms. The quantitative estimate of drug-likeness (QED) is 0.504. The van der Waals surface area contributed by atoms with Crippen LogP contribution in [-0.4, -0.2) is 9.55 Å². The average molecular weight is 121 g/mol. The van der Waals surface area contributed by atoms with Crippen molar-refractivity contribution >= 4 is 0 Å². The Hall–Kier alpha value is -0.790. The molecule has 2 nitrogen and oxygen atoms in total. The van der Waals surface area contributed by atoms with Crippen LogP contribution < -0.4 is 0 Å². The molecule has 1 radical (unpaired) electrons. The van der Waals surface area contributed by atoms with Gasteiger partial charge in [0, 0.05) is 25.4 Å². The lowest BCUT2D eigenvalue weighted by atomic mass is 10.2. The van der Waals surface area contributed by atoms with Gasteiger partial charge in [0.05, 0.1) is 0 Å². The Kier molecular flexibility index (Phi) is 1.04. The van der Waals surface area contributed by atoms with Crippen LogP contribution in [0.2, 0.25) is 0 Å². The summed E-state index contributed by atoms with van der Waals surface area (Å²) in [5.74, 6) is 1.14. The molecule has 9 heavy (non-hydrogen) atoms.